The zero-order valence-corrected chi connectivity index (χ0v) is 14.4. The minimum Gasteiger partial charge on any atom is -0.461 e. The normalized spacial score (nSPS) is 11.8. The molecule has 2 aromatic heterocycles. The first-order chi connectivity index (χ1) is 11.5. The predicted molar refractivity (Wildman–Crippen MR) is 100 cm³/mol. The van der Waals surface area contributed by atoms with Crippen molar-refractivity contribution in [2.75, 3.05) is 0 Å². The first-order valence-corrected chi connectivity index (χ1v) is 8.11. The summed E-state index contributed by atoms with van der Waals surface area (Å²) in [5, 5.41) is 5.35. The minimum atomic E-state index is 0.157. The van der Waals surface area contributed by atoms with Crippen molar-refractivity contribution in [2.45, 2.75) is 26.7 Å². The quantitative estimate of drug-likeness (QED) is 0.414. The van der Waals surface area contributed by atoms with Gasteiger partial charge in [-0.3, -0.25) is 5.43 Å². The van der Waals surface area contributed by atoms with Crippen LogP contribution < -0.4 is 11.2 Å². The average molecular weight is 341 g/mol. The molecule has 3 rings (SSSR count). The molecule has 0 saturated heterocycles. The minimum absolute atomic E-state index is 0.157. The van der Waals surface area contributed by atoms with Gasteiger partial charge >= 0.3 is 0 Å². The molecule has 0 radical (unpaired) electrons. The molecule has 0 unspecified atom stereocenters. The summed E-state index contributed by atoms with van der Waals surface area (Å²) in [4.78, 5) is 0. The molecule has 0 saturated carbocycles. The third kappa shape index (κ3) is 3.49. The van der Waals surface area contributed by atoms with Crippen LogP contribution in [-0.4, -0.2) is 10.8 Å². The SMILES string of the molecule is C/C(CCc1oc2ccccc2c1-c1ccc(C)o1)=N/NC(N)=S. The molecule has 2 heterocycles. The number of furan rings is 2. The van der Waals surface area contributed by atoms with E-state index in [2.05, 4.69) is 10.5 Å². The van der Waals surface area contributed by atoms with Crippen LogP contribution in [0.5, 0.6) is 0 Å². The van der Waals surface area contributed by atoms with E-state index in [1.807, 2.05) is 50.2 Å². The molecule has 0 aliphatic carbocycles. The van der Waals surface area contributed by atoms with Crippen LogP contribution in [0.15, 0.2) is 50.3 Å². The summed E-state index contributed by atoms with van der Waals surface area (Å²) < 4.78 is 11.9. The van der Waals surface area contributed by atoms with Gasteiger partial charge in [-0.15, -0.1) is 0 Å². The molecule has 6 heteroatoms. The van der Waals surface area contributed by atoms with Crippen molar-refractivity contribution in [2.24, 2.45) is 10.8 Å². The Morgan fingerprint density at radius 2 is 2.00 bits per heavy atom. The first-order valence-electron chi connectivity index (χ1n) is 7.70. The lowest BCUT2D eigenvalue weighted by atomic mass is 10.0. The number of rotatable bonds is 5. The van der Waals surface area contributed by atoms with Gasteiger partial charge in [0, 0.05) is 17.5 Å². The molecular weight excluding hydrogens is 322 g/mol. The van der Waals surface area contributed by atoms with Gasteiger partial charge in [0.05, 0.1) is 5.56 Å². The molecule has 5 nitrogen and oxygen atoms in total. The van der Waals surface area contributed by atoms with Crippen molar-refractivity contribution in [1.82, 2.24) is 5.43 Å². The molecule has 0 fully saturated rings. The number of aryl methyl sites for hydroxylation is 2. The van der Waals surface area contributed by atoms with E-state index in [9.17, 15) is 0 Å². The van der Waals surface area contributed by atoms with Gasteiger partial charge in [0.2, 0.25) is 0 Å². The molecule has 0 atom stereocenters. The number of nitrogens with zero attached hydrogens (tertiary/aromatic N) is 1. The fraction of sp³-hybridized carbons (Fsp3) is 0.222. The molecule has 24 heavy (non-hydrogen) atoms. The second kappa shape index (κ2) is 6.88. The smallest absolute Gasteiger partial charge is 0.184 e. The van der Waals surface area contributed by atoms with Crippen molar-refractivity contribution < 1.29 is 8.83 Å². The number of hydrogen-bond acceptors (Lipinski definition) is 4. The van der Waals surface area contributed by atoms with Crippen LogP contribution in [-0.2, 0) is 6.42 Å². The van der Waals surface area contributed by atoms with Crippen LogP contribution in [0.25, 0.3) is 22.3 Å². The molecule has 0 aliphatic rings. The van der Waals surface area contributed by atoms with E-state index in [0.29, 0.717) is 6.42 Å². The van der Waals surface area contributed by atoms with Crippen molar-refractivity contribution in [1.29, 1.82) is 0 Å². The summed E-state index contributed by atoms with van der Waals surface area (Å²) in [5.74, 6) is 2.58. The predicted octanol–water partition coefficient (Wildman–Crippen LogP) is 4.14. The monoisotopic (exact) mass is 341 g/mol. The first kappa shape index (κ1) is 16.3. The number of nitrogens with two attached hydrogens (primary N) is 1. The van der Waals surface area contributed by atoms with Crippen LogP contribution in [0.4, 0.5) is 0 Å². The summed E-state index contributed by atoms with van der Waals surface area (Å²) in [5.41, 5.74) is 10.7. The van der Waals surface area contributed by atoms with E-state index in [0.717, 1.165) is 45.9 Å². The number of para-hydroxylation sites is 1. The summed E-state index contributed by atoms with van der Waals surface area (Å²) >= 11 is 4.75. The van der Waals surface area contributed by atoms with Crippen LogP contribution in [0.1, 0.15) is 24.9 Å². The van der Waals surface area contributed by atoms with E-state index in [4.69, 9.17) is 26.8 Å². The van der Waals surface area contributed by atoms with Gasteiger partial charge in [-0.25, -0.2) is 0 Å². The molecule has 0 aliphatic heterocycles. The topological polar surface area (TPSA) is 76.7 Å². The number of nitrogens with one attached hydrogen (secondary N) is 1. The molecule has 0 amide bonds. The van der Waals surface area contributed by atoms with Crippen molar-refractivity contribution >= 4 is 34.0 Å². The Kier molecular flexibility index (Phi) is 4.66. The van der Waals surface area contributed by atoms with Crippen LogP contribution in [0, 0.1) is 6.92 Å². The lowest BCUT2D eigenvalue weighted by Crippen LogP contribution is -2.25. The highest BCUT2D eigenvalue weighted by Crippen LogP contribution is 2.36. The zero-order chi connectivity index (χ0) is 17.1. The van der Waals surface area contributed by atoms with E-state index in [-0.39, 0.29) is 5.11 Å². The van der Waals surface area contributed by atoms with Gasteiger partial charge in [-0.05, 0) is 50.7 Å². The maximum absolute atomic E-state index is 6.05. The number of hydrogen-bond donors (Lipinski definition) is 2. The molecular formula is C18H19N3O2S. The maximum Gasteiger partial charge on any atom is 0.184 e. The second-order valence-electron chi connectivity index (χ2n) is 5.63. The average Bonchev–Trinajstić information content (AvgIpc) is 3.13. The van der Waals surface area contributed by atoms with Crippen LogP contribution >= 0.6 is 12.2 Å². The van der Waals surface area contributed by atoms with Gasteiger partial charge in [0.25, 0.3) is 0 Å². The Hall–Kier alpha value is -2.60. The van der Waals surface area contributed by atoms with Gasteiger partial charge in [-0.1, -0.05) is 18.2 Å². The van der Waals surface area contributed by atoms with E-state index >= 15 is 0 Å². The summed E-state index contributed by atoms with van der Waals surface area (Å²) in [6.45, 7) is 3.86. The Labute approximate surface area is 145 Å². The van der Waals surface area contributed by atoms with Gasteiger partial charge in [0.1, 0.15) is 22.9 Å². The fourth-order valence-electron chi connectivity index (χ4n) is 2.61. The highest BCUT2D eigenvalue weighted by Gasteiger charge is 2.18. The third-order valence-corrected chi connectivity index (χ3v) is 3.82. The summed E-state index contributed by atoms with van der Waals surface area (Å²) in [7, 11) is 0. The van der Waals surface area contributed by atoms with E-state index in [1.165, 1.54) is 0 Å². The molecule has 0 bridgehead atoms. The van der Waals surface area contributed by atoms with Crippen molar-refractivity contribution in [3.63, 3.8) is 0 Å². The highest BCUT2D eigenvalue weighted by molar-refractivity contribution is 7.80. The van der Waals surface area contributed by atoms with E-state index in [1.54, 1.807) is 0 Å². The third-order valence-electron chi connectivity index (χ3n) is 3.73. The molecule has 1 aromatic carbocycles. The Balaban J connectivity index is 1.93. The van der Waals surface area contributed by atoms with Gasteiger partial charge < -0.3 is 14.6 Å². The molecule has 124 valence electrons. The van der Waals surface area contributed by atoms with Gasteiger partial charge in [-0.2, -0.15) is 5.10 Å². The van der Waals surface area contributed by atoms with E-state index < -0.39 is 0 Å². The lowest BCUT2D eigenvalue weighted by Gasteiger charge is -2.02. The Morgan fingerprint density at radius 3 is 2.71 bits per heavy atom. The Bertz CT molecular complexity index is 908. The number of benzene rings is 1. The van der Waals surface area contributed by atoms with Crippen LogP contribution in [0.2, 0.25) is 0 Å². The number of thiocarbonyl (C=S) groups is 1. The summed E-state index contributed by atoms with van der Waals surface area (Å²) in [6, 6.07) is 11.9. The maximum atomic E-state index is 6.05. The van der Waals surface area contributed by atoms with Gasteiger partial charge in [0.15, 0.2) is 5.11 Å². The standard InChI is InChI=1S/C18H19N3O2S/c1-11(20-21-18(19)24)7-9-16-17(15-10-8-12(2)22-15)13-5-3-4-6-14(13)23-16/h3-6,8,10H,7,9H2,1-2H3,(H3,19,21,24)/b20-11-. The number of fused-ring (bicyclic) bond motifs is 1. The van der Waals surface area contributed by atoms with Crippen LogP contribution in [0.3, 0.4) is 0 Å². The highest BCUT2D eigenvalue weighted by atomic mass is 32.1. The van der Waals surface area contributed by atoms with Crippen molar-refractivity contribution in [3.8, 4) is 11.3 Å². The molecule has 3 aromatic rings. The second-order valence-corrected chi connectivity index (χ2v) is 6.07. The van der Waals surface area contributed by atoms with Crippen molar-refractivity contribution in [3.05, 3.63) is 47.9 Å². The lowest BCUT2D eigenvalue weighted by molar-refractivity contribution is 0.532. The molecule has 3 N–H and O–H groups in total. The fourth-order valence-corrected chi connectivity index (χ4v) is 2.66. The molecule has 0 spiro atoms. The number of hydrazone groups is 1. The largest absolute Gasteiger partial charge is 0.461 e. The zero-order valence-electron chi connectivity index (χ0n) is 13.6. The summed E-state index contributed by atoms with van der Waals surface area (Å²) in [6.07, 6.45) is 1.43. The Morgan fingerprint density at radius 1 is 1.21 bits per heavy atom.